The molecular weight excluding hydrogens is 260 g/mol. The van der Waals surface area contributed by atoms with Crippen molar-refractivity contribution in [3.05, 3.63) is 35.9 Å². The lowest BCUT2D eigenvalue weighted by Gasteiger charge is -2.30. The van der Waals surface area contributed by atoms with Crippen LogP contribution >= 0.6 is 12.4 Å². The number of nitrogens with two attached hydrogens (primary N) is 1. The molecule has 19 heavy (non-hydrogen) atoms. The standard InChI is InChI=1S/C15H22N2O.ClH/c1-11-7-5-6-10-13(11)17-15(18)14(16)12-8-3-2-4-9-12;/h2-4,8-9,11,13-14H,5-7,10,16H2,1H3,(H,17,18);1H. The Hall–Kier alpha value is -1.06. The summed E-state index contributed by atoms with van der Waals surface area (Å²) < 4.78 is 0. The molecule has 2 rings (SSSR count). The van der Waals surface area contributed by atoms with Crippen LogP contribution in [0.2, 0.25) is 0 Å². The van der Waals surface area contributed by atoms with Crippen molar-refractivity contribution < 1.29 is 4.79 Å². The van der Waals surface area contributed by atoms with Crippen LogP contribution in [0.1, 0.15) is 44.2 Å². The first-order chi connectivity index (χ1) is 8.68. The molecule has 3 unspecified atom stereocenters. The van der Waals surface area contributed by atoms with Crippen LogP contribution in [0.25, 0.3) is 0 Å². The van der Waals surface area contributed by atoms with Gasteiger partial charge in [0, 0.05) is 6.04 Å². The molecule has 3 nitrogen and oxygen atoms in total. The number of rotatable bonds is 3. The predicted molar refractivity (Wildman–Crippen MR) is 80.2 cm³/mol. The number of amides is 1. The molecule has 1 aromatic rings. The van der Waals surface area contributed by atoms with Crippen molar-refractivity contribution in [2.24, 2.45) is 11.7 Å². The van der Waals surface area contributed by atoms with E-state index in [0.29, 0.717) is 12.0 Å². The minimum absolute atomic E-state index is 0. The molecule has 1 aromatic carbocycles. The molecule has 0 saturated heterocycles. The van der Waals surface area contributed by atoms with Gasteiger partial charge in [0.2, 0.25) is 5.91 Å². The number of nitrogens with one attached hydrogen (secondary N) is 1. The summed E-state index contributed by atoms with van der Waals surface area (Å²) >= 11 is 0. The van der Waals surface area contributed by atoms with Crippen molar-refractivity contribution >= 4 is 18.3 Å². The first-order valence-corrected chi connectivity index (χ1v) is 6.79. The van der Waals surface area contributed by atoms with E-state index >= 15 is 0 Å². The Kier molecular flexibility index (Phi) is 6.32. The van der Waals surface area contributed by atoms with E-state index in [0.717, 1.165) is 12.0 Å². The molecule has 0 radical (unpaired) electrons. The molecule has 106 valence electrons. The summed E-state index contributed by atoms with van der Waals surface area (Å²) in [6, 6.07) is 9.28. The van der Waals surface area contributed by atoms with Crippen molar-refractivity contribution in [3.63, 3.8) is 0 Å². The number of carbonyl (C=O) groups is 1. The van der Waals surface area contributed by atoms with Gasteiger partial charge in [-0.2, -0.15) is 0 Å². The molecule has 1 fully saturated rings. The largest absolute Gasteiger partial charge is 0.351 e. The van der Waals surface area contributed by atoms with Crippen LogP contribution < -0.4 is 11.1 Å². The Morgan fingerprint density at radius 3 is 2.53 bits per heavy atom. The van der Waals surface area contributed by atoms with E-state index in [1.807, 2.05) is 30.3 Å². The SMILES string of the molecule is CC1CCCCC1NC(=O)C(N)c1ccccc1.Cl. The number of hydrogen-bond donors (Lipinski definition) is 2. The Bertz CT molecular complexity index is 396. The van der Waals surface area contributed by atoms with Crippen molar-refractivity contribution in [1.29, 1.82) is 0 Å². The molecule has 0 heterocycles. The van der Waals surface area contributed by atoms with Crippen LogP contribution in [0.15, 0.2) is 30.3 Å². The van der Waals surface area contributed by atoms with Crippen LogP contribution in [0.5, 0.6) is 0 Å². The van der Waals surface area contributed by atoms with E-state index in [-0.39, 0.29) is 18.3 Å². The number of hydrogen-bond acceptors (Lipinski definition) is 2. The number of benzene rings is 1. The average molecular weight is 283 g/mol. The van der Waals surface area contributed by atoms with Crippen molar-refractivity contribution in [2.75, 3.05) is 0 Å². The minimum atomic E-state index is -0.555. The summed E-state index contributed by atoms with van der Waals surface area (Å²) in [5, 5.41) is 3.10. The molecule has 1 aliphatic carbocycles. The topological polar surface area (TPSA) is 55.1 Å². The Labute approximate surface area is 121 Å². The normalized spacial score (nSPS) is 24.1. The van der Waals surface area contributed by atoms with Crippen molar-refractivity contribution in [1.82, 2.24) is 5.32 Å². The Morgan fingerprint density at radius 2 is 1.89 bits per heavy atom. The molecule has 0 aliphatic heterocycles. The minimum Gasteiger partial charge on any atom is -0.351 e. The highest BCUT2D eigenvalue weighted by atomic mass is 35.5. The maximum absolute atomic E-state index is 12.1. The monoisotopic (exact) mass is 282 g/mol. The fraction of sp³-hybridized carbons (Fsp3) is 0.533. The van der Waals surface area contributed by atoms with E-state index in [9.17, 15) is 4.79 Å². The lowest BCUT2D eigenvalue weighted by atomic mass is 9.85. The van der Waals surface area contributed by atoms with Gasteiger partial charge in [-0.1, -0.05) is 50.1 Å². The van der Waals surface area contributed by atoms with Gasteiger partial charge in [-0.05, 0) is 24.3 Å². The summed E-state index contributed by atoms with van der Waals surface area (Å²) in [6.45, 7) is 2.21. The molecule has 1 aliphatic rings. The summed E-state index contributed by atoms with van der Waals surface area (Å²) in [5.41, 5.74) is 6.86. The molecule has 3 atom stereocenters. The predicted octanol–water partition coefficient (Wildman–Crippen LogP) is 2.80. The second-order valence-electron chi connectivity index (χ2n) is 5.27. The third-order valence-electron chi connectivity index (χ3n) is 3.88. The first-order valence-electron chi connectivity index (χ1n) is 6.79. The molecule has 4 heteroatoms. The van der Waals surface area contributed by atoms with Crippen molar-refractivity contribution in [2.45, 2.75) is 44.7 Å². The fourth-order valence-electron chi connectivity index (χ4n) is 2.61. The molecule has 0 aromatic heterocycles. The van der Waals surface area contributed by atoms with Gasteiger partial charge < -0.3 is 11.1 Å². The average Bonchev–Trinajstić information content (AvgIpc) is 2.41. The lowest BCUT2D eigenvalue weighted by Crippen LogP contribution is -2.45. The maximum Gasteiger partial charge on any atom is 0.241 e. The second-order valence-corrected chi connectivity index (χ2v) is 5.27. The van der Waals surface area contributed by atoms with E-state index in [4.69, 9.17) is 5.73 Å². The number of carbonyl (C=O) groups excluding carboxylic acids is 1. The van der Waals surface area contributed by atoms with E-state index in [2.05, 4.69) is 12.2 Å². The van der Waals surface area contributed by atoms with Gasteiger partial charge in [0.05, 0.1) is 0 Å². The van der Waals surface area contributed by atoms with Crippen LogP contribution in [0, 0.1) is 5.92 Å². The Balaban J connectivity index is 0.00000180. The van der Waals surface area contributed by atoms with Gasteiger partial charge in [0.15, 0.2) is 0 Å². The molecule has 0 bridgehead atoms. The molecule has 3 N–H and O–H groups in total. The van der Waals surface area contributed by atoms with Gasteiger partial charge in [-0.3, -0.25) is 4.79 Å². The van der Waals surface area contributed by atoms with Crippen molar-refractivity contribution in [3.8, 4) is 0 Å². The third kappa shape index (κ3) is 4.22. The van der Waals surface area contributed by atoms with Gasteiger partial charge in [-0.15, -0.1) is 12.4 Å². The summed E-state index contributed by atoms with van der Waals surface area (Å²) in [4.78, 5) is 12.1. The van der Waals surface area contributed by atoms with E-state index in [1.165, 1.54) is 19.3 Å². The maximum atomic E-state index is 12.1. The molecule has 1 amide bonds. The zero-order chi connectivity index (χ0) is 13.0. The highest BCUT2D eigenvalue weighted by Gasteiger charge is 2.25. The summed E-state index contributed by atoms with van der Waals surface area (Å²) in [6.07, 6.45) is 4.76. The zero-order valence-corrected chi connectivity index (χ0v) is 12.2. The van der Waals surface area contributed by atoms with Gasteiger partial charge in [0.1, 0.15) is 6.04 Å². The van der Waals surface area contributed by atoms with Crippen LogP contribution in [0.4, 0.5) is 0 Å². The highest BCUT2D eigenvalue weighted by molar-refractivity contribution is 5.85. The smallest absolute Gasteiger partial charge is 0.241 e. The van der Waals surface area contributed by atoms with E-state index < -0.39 is 6.04 Å². The lowest BCUT2D eigenvalue weighted by molar-refractivity contribution is -0.123. The van der Waals surface area contributed by atoms with Gasteiger partial charge in [-0.25, -0.2) is 0 Å². The molecular formula is C15H23ClN2O. The third-order valence-corrected chi connectivity index (χ3v) is 3.88. The van der Waals surface area contributed by atoms with Crippen LogP contribution in [-0.2, 0) is 4.79 Å². The fourth-order valence-corrected chi connectivity index (χ4v) is 2.61. The van der Waals surface area contributed by atoms with Crippen LogP contribution in [-0.4, -0.2) is 11.9 Å². The molecule has 1 saturated carbocycles. The van der Waals surface area contributed by atoms with Gasteiger partial charge in [0.25, 0.3) is 0 Å². The second kappa shape index (κ2) is 7.51. The zero-order valence-electron chi connectivity index (χ0n) is 11.3. The highest BCUT2D eigenvalue weighted by Crippen LogP contribution is 2.24. The van der Waals surface area contributed by atoms with Gasteiger partial charge >= 0.3 is 0 Å². The number of halogens is 1. The summed E-state index contributed by atoms with van der Waals surface area (Å²) in [7, 11) is 0. The summed E-state index contributed by atoms with van der Waals surface area (Å²) in [5.74, 6) is 0.505. The molecule has 0 spiro atoms. The Morgan fingerprint density at radius 1 is 1.26 bits per heavy atom. The van der Waals surface area contributed by atoms with E-state index in [1.54, 1.807) is 0 Å². The first kappa shape index (κ1) is 16.0. The van der Waals surface area contributed by atoms with Crippen LogP contribution in [0.3, 0.4) is 0 Å². The quantitative estimate of drug-likeness (QED) is 0.896.